The third kappa shape index (κ3) is 1.13. The van der Waals surface area contributed by atoms with Gasteiger partial charge in [-0.25, -0.2) is 4.98 Å². The molecule has 0 saturated carbocycles. The number of fused-ring (bicyclic) bond motifs is 1. The van der Waals surface area contributed by atoms with Crippen molar-refractivity contribution in [2.75, 3.05) is 0 Å². The first-order valence-corrected chi connectivity index (χ1v) is 4.19. The second kappa shape index (κ2) is 2.77. The van der Waals surface area contributed by atoms with Crippen LogP contribution in [0.1, 0.15) is 0 Å². The number of hydrogen-bond acceptors (Lipinski definition) is 5. The van der Waals surface area contributed by atoms with Crippen molar-refractivity contribution in [3.05, 3.63) is 28.9 Å². The molecule has 3 rings (SSSR count). The highest BCUT2D eigenvalue weighted by Gasteiger charge is 2.08. The Bertz CT molecular complexity index is 651. The number of hydrogen-bond donors (Lipinski definition) is 2. The van der Waals surface area contributed by atoms with E-state index in [0.29, 0.717) is 22.6 Å². The van der Waals surface area contributed by atoms with Crippen LogP contribution < -0.4 is 5.56 Å². The summed E-state index contributed by atoms with van der Waals surface area (Å²) < 4.78 is 4.66. The second-order valence-electron chi connectivity index (χ2n) is 2.93. The summed E-state index contributed by atoms with van der Waals surface area (Å²) in [5.74, 6) is 0.352. The largest absolute Gasteiger partial charge is 0.364 e. The number of aromatic amines is 2. The fourth-order valence-electron chi connectivity index (χ4n) is 1.30. The summed E-state index contributed by atoms with van der Waals surface area (Å²) in [6, 6.07) is 1.61. The van der Waals surface area contributed by atoms with Gasteiger partial charge in [-0.3, -0.25) is 9.89 Å². The Kier molecular flexibility index (Phi) is 1.46. The van der Waals surface area contributed by atoms with Gasteiger partial charge in [0.1, 0.15) is 17.3 Å². The van der Waals surface area contributed by atoms with Gasteiger partial charge in [0.05, 0.1) is 6.20 Å². The lowest BCUT2D eigenvalue weighted by atomic mass is 10.3. The van der Waals surface area contributed by atoms with Crippen LogP contribution in [0.25, 0.3) is 22.6 Å². The summed E-state index contributed by atoms with van der Waals surface area (Å²) in [5.41, 5.74) is 0.645. The monoisotopic (exact) mass is 203 g/mol. The molecule has 0 aromatic carbocycles. The van der Waals surface area contributed by atoms with Gasteiger partial charge in [-0.05, 0) is 0 Å². The van der Waals surface area contributed by atoms with Gasteiger partial charge in [-0.15, -0.1) is 0 Å². The molecule has 0 aliphatic heterocycles. The fraction of sp³-hybridized carbons (Fsp3) is 0. The van der Waals surface area contributed by atoms with Crippen LogP contribution in [0.5, 0.6) is 0 Å². The zero-order chi connectivity index (χ0) is 10.3. The van der Waals surface area contributed by atoms with E-state index in [1.54, 1.807) is 6.07 Å². The number of H-pyrrole nitrogens is 2. The van der Waals surface area contributed by atoms with Crippen molar-refractivity contribution in [2.24, 2.45) is 0 Å². The molecule has 0 unspecified atom stereocenters. The Morgan fingerprint density at radius 3 is 3.13 bits per heavy atom. The molecule has 0 aliphatic rings. The van der Waals surface area contributed by atoms with E-state index in [1.165, 1.54) is 12.5 Å². The van der Waals surface area contributed by atoms with Crippen molar-refractivity contribution in [3.63, 3.8) is 0 Å². The number of nitrogens with zero attached hydrogens (tertiary/aromatic N) is 3. The van der Waals surface area contributed by atoms with E-state index in [2.05, 4.69) is 29.8 Å². The molecule has 0 atom stereocenters. The van der Waals surface area contributed by atoms with Gasteiger partial charge in [-0.1, -0.05) is 5.16 Å². The lowest BCUT2D eigenvalue weighted by Crippen LogP contribution is -2.08. The Hall–Kier alpha value is -2.44. The van der Waals surface area contributed by atoms with Crippen LogP contribution in [0.2, 0.25) is 0 Å². The molecule has 2 N–H and O–H groups in total. The van der Waals surface area contributed by atoms with Crippen molar-refractivity contribution in [3.8, 4) is 11.5 Å². The smallest absolute Gasteiger partial charge is 0.262 e. The minimum Gasteiger partial charge on any atom is -0.364 e. The topological polar surface area (TPSA) is 100 Å². The van der Waals surface area contributed by atoms with Crippen LogP contribution in [-0.4, -0.2) is 25.3 Å². The fourth-order valence-corrected chi connectivity index (χ4v) is 1.30. The minimum atomic E-state index is -0.258. The van der Waals surface area contributed by atoms with Crippen molar-refractivity contribution in [1.82, 2.24) is 25.3 Å². The van der Waals surface area contributed by atoms with E-state index in [-0.39, 0.29) is 5.56 Å². The standard InChI is InChI=1S/C8H5N5O2/c14-8-4-3-9-12-6(4)10-7(11-8)5-1-2-15-13-5/h1-3H,(H2,9,10,11,12,14). The molecule has 0 radical (unpaired) electrons. The summed E-state index contributed by atoms with van der Waals surface area (Å²) in [6.45, 7) is 0. The minimum absolute atomic E-state index is 0.258. The molecule has 15 heavy (non-hydrogen) atoms. The maximum absolute atomic E-state index is 11.5. The molecule has 0 aliphatic carbocycles. The summed E-state index contributed by atoms with van der Waals surface area (Å²) >= 11 is 0. The molecule has 7 nitrogen and oxygen atoms in total. The summed E-state index contributed by atoms with van der Waals surface area (Å²) in [5, 5.41) is 10.5. The van der Waals surface area contributed by atoms with Crippen molar-refractivity contribution >= 4 is 11.0 Å². The Morgan fingerprint density at radius 1 is 1.40 bits per heavy atom. The Morgan fingerprint density at radius 2 is 2.33 bits per heavy atom. The van der Waals surface area contributed by atoms with Gasteiger partial charge in [0.15, 0.2) is 11.5 Å². The van der Waals surface area contributed by atoms with Gasteiger partial charge < -0.3 is 9.51 Å². The molecule has 7 heteroatoms. The summed E-state index contributed by atoms with van der Waals surface area (Å²) in [6.07, 6.45) is 2.83. The van der Waals surface area contributed by atoms with Crippen LogP contribution in [0.4, 0.5) is 0 Å². The Labute approximate surface area is 82.1 Å². The highest BCUT2D eigenvalue weighted by Crippen LogP contribution is 2.11. The Balaban J connectivity index is 2.34. The van der Waals surface area contributed by atoms with Gasteiger partial charge in [-0.2, -0.15) is 5.10 Å². The molecule has 0 amide bonds. The van der Waals surface area contributed by atoms with E-state index >= 15 is 0 Å². The van der Waals surface area contributed by atoms with Crippen LogP contribution in [0, 0.1) is 0 Å². The molecule has 0 bridgehead atoms. The first kappa shape index (κ1) is 7.92. The zero-order valence-electron chi connectivity index (χ0n) is 7.39. The lowest BCUT2D eigenvalue weighted by Gasteiger charge is -1.93. The van der Waals surface area contributed by atoms with Crippen molar-refractivity contribution in [2.45, 2.75) is 0 Å². The molecule has 74 valence electrons. The number of nitrogens with one attached hydrogen (secondary N) is 2. The average molecular weight is 203 g/mol. The van der Waals surface area contributed by atoms with Crippen molar-refractivity contribution in [1.29, 1.82) is 0 Å². The van der Waals surface area contributed by atoms with Crippen LogP contribution in [0.3, 0.4) is 0 Å². The van der Waals surface area contributed by atoms with E-state index in [1.807, 2.05) is 0 Å². The third-order valence-corrected chi connectivity index (χ3v) is 2.00. The normalized spacial score (nSPS) is 10.9. The van der Waals surface area contributed by atoms with Crippen molar-refractivity contribution < 1.29 is 4.52 Å². The zero-order valence-corrected chi connectivity index (χ0v) is 7.39. The van der Waals surface area contributed by atoms with Crippen LogP contribution in [0.15, 0.2) is 27.8 Å². The lowest BCUT2D eigenvalue weighted by molar-refractivity contribution is 0.422. The van der Waals surface area contributed by atoms with Crippen LogP contribution in [-0.2, 0) is 0 Å². The molecular formula is C8H5N5O2. The van der Waals surface area contributed by atoms with Gasteiger partial charge in [0.2, 0.25) is 0 Å². The van der Waals surface area contributed by atoms with Crippen LogP contribution >= 0.6 is 0 Å². The third-order valence-electron chi connectivity index (χ3n) is 2.00. The summed E-state index contributed by atoms with van der Waals surface area (Å²) in [4.78, 5) is 18.3. The maximum Gasteiger partial charge on any atom is 0.262 e. The van der Waals surface area contributed by atoms with E-state index in [0.717, 1.165) is 0 Å². The SMILES string of the molecule is O=c1[nH]c(-c2ccon2)nc2[nH]ncc12. The van der Waals surface area contributed by atoms with E-state index in [9.17, 15) is 4.79 Å². The predicted octanol–water partition coefficient (Wildman–Crippen LogP) is 0.301. The van der Waals surface area contributed by atoms with Gasteiger partial charge >= 0.3 is 0 Å². The first-order valence-electron chi connectivity index (χ1n) is 4.19. The second-order valence-corrected chi connectivity index (χ2v) is 2.93. The molecule has 3 aromatic heterocycles. The predicted molar refractivity (Wildman–Crippen MR) is 50.0 cm³/mol. The van der Waals surface area contributed by atoms with Gasteiger partial charge in [0.25, 0.3) is 5.56 Å². The highest BCUT2D eigenvalue weighted by molar-refractivity contribution is 5.74. The van der Waals surface area contributed by atoms with E-state index in [4.69, 9.17) is 0 Å². The number of rotatable bonds is 1. The maximum atomic E-state index is 11.5. The molecule has 3 aromatic rings. The molecule has 3 heterocycles. The highest BCUT2D eigenvalue weighted by atomic mass is 16.5. The van der Waals surface area contributed by atoms with Gasteiger partial charge in [0, 0.05) is 6.07 Å². The molecule has 0 spiro atoms. The molecular weight excluding hydrogens is 198 g/mol. The molecule has 0 fully saturated rings. The van der Waals surface area contributed by atoms with E-state index < -0.39 is 0 Å². The first-order chi connectivity index (χ1) is 7.34. The number of aromatic nitrogens is 5. The average Bonchev–Trinajstić information content (AvgIpc) is 2.88. The summed E-state index contributed by atoms with van der Waals surface area (Å²) in [7, 11) is 0. The molecule has 0 saturated heterocycles. The quantitative estimate of drug-likeness (QED) is 0.592.